The van der Waals surface area contributed by atoms with E-state index in [1.165, 1.54) is 0 Å². The number of anilines is 1. The van der Waals surface area contributed by atoms with E-state index in [9.17, 15) is 5.11 Å². The van der Waals surface area contributed by atoms with Crippen molar-refractivity contribution in [3.63, 3.8) is 0 Å². The van der Waals surface area contributed by atoms with Crippen LogP contribution in [0.1, 0.15) is 18.9 Å². The number of nitrogen functional groups attached to an aromatic ring is 1. The van der Waals surface area contributed by atoms with Gasteiger partial charge in [-0.25, -0.2) is 0 Å². The second-order valence-electron chi connectivity index (χ2n) is 4.85. The first-order chi connectivity index (χ1) is 8.49. The molecule has 4 N–H and O–H groups in total. The molecule has 98 valence electrons. The summed E-state index contributed by atoms with van der Waals surface area (Å²) in [6, 6.07) is 5.35. The molecule has 1 aromatic carbocycles. The number of benzene rings is 1. The van der Waals surface area contributed by atoms with Gasteiger partial charge in [0.25, 0.3) is 0 Å². The average molecular weight is 268 g/mol. The Labute approximate surface area is 112 Å². The Kier molecular flexibility index (Phi) is 3.78. The number of amidine groups is 1. The fourth-order valence-corrected chi connectivity index (χ4v) is 2.44. The first-order valence-corrected chi connectivity index (χ1v) is 6.44. The second-order valence-corrected chi connectivity index (χ2v) is 5.29. The van der Waals surface area contributed by atoms with E-state index in [4.69, 9.17) is 22.7 Å². The number of hydrogen-bond donors (Lipinski definition) is 3. The van der Waals surface area contributed by atoms with Crippen molar-refractivity contribution < 1.29 is 5.11 Å². The van der Waals surface area contributed by atoms with Gasteiger partial charge in [-0.1, -0.05) is 18.5 Å². The molecule has 2 unspecified atom stereocenters. The van der Waals surface area contributed by atoms with Gasteiger partial charge in [0, 0.05) is 29.4 Å². The Morgan fingerprint density at radius 1 is 1.56 bits per heavy atom. The molecule has 18 heavy (non-hydrogen) atoms. The third kappa shape index (κ3) is 2.60. The minimum atomic E-state index is -0.339. The number of β-amino-alcohol motifs (C(OH)–C–C–N with tert-alkyl or cyclic N) is 1. The maximum absolute atomic E-state index is 9.94. The van der Waals surface area contributed by atoms with Crippen LogP contribution in [-0.4, -0.2) is 30.1 Å². The van der Waals surface area contributed by atoms with Gasteiger partial charge in [0.15, 0.2) is 0 Å². The monoisotopic (exact) mass is 267 g/mol. The number of hydrogen-bond acceptors (Lipinski definition) is 3. The summed E-state index contributed by atoms with van der Waals surface area (Å²) in [5.41, 5.74) is 7.09. The predicted octanol–water partition coefficient (Wildman–Crippen LogP) is 1.83. The largest absolute Gasteiger partial charge is 0.391 e. The summed E-state index contributed by atoms with van der Waals surface area (Å²) in [5, 5.41) is 18.1. The lowest BCUT2D eigenvalue weighted by molar-refractivity contribution is 0.103. The lowest BCUT2D eigenvalue weighted by Gasteiger charge is -2.36. The van der Waals surface area contributed by atoms with Crippen molar-refractivity contribution in [2.45, 2.75) is 19.4 Å². The van der Waals surface area contributed by atoms with Crippen LogP contribution in [0.5, 0.6) is 0 Å². The summed E-state index contributed by atoms with van der Waals surface area (Å²) in [5.74, 6) is 0.315. The van der Waals surface area contributed by atoms with Crippen LogP contribution in [-0.2, 0) is 0 Å². The summed E-state index contributed by atoms with van der Waals surface area (Å²) >= 11 is 5.93. The van der Waals surface area contributed by atoms with E-state index in [1.54, 1.807) is 12.1 Å². The molecule has 0 amide bonds. The molecule has 0 aromatic heterocycles. The maximum atomic E-state index is 9.94. The zero-order valence-corrected chi connectivity index (χ0v) is 11.1. The van der Waals surface area contributed by atoms with Crippen molar-refractivity contribution >= 4 is 23.1 Å². The molecule has 5 heteroatoms. The molecule has 4 nitrogen and oxygen atoms in total. The molecule has 2 rings (SSSR count). The number of nitrogens with one attached hydrogen (secondary N) is 1. The molecule has 2 atom stereocenters. The topological polar surface area (TPSA) is 73.3 Å². The molecule has 0 aliphatic carbocycles. The number of aliphatic hydroxyl groups is 1. The Morgan fingerprint density at radius 2 is 2.28 bits per heavy atom. The fraction of sp³-hybridized carbons (Fsp3) is 0.462. The van der Waals surface area contributed by atoms with E-state index in [2.05, 4.69) is 11.8 Å². The first-order valence-electron chi connectivity index (χ1n) is 6.06. The summed E-state index contributed by atoms with van der Waals surface area (Å²) in [6.07, 6.45) is 0.593. The van der Waals surface area contributed by atoms with E-state index in [0.29, 0.717) is 23.0 Å². The number of aliphatic hydroxyl groups excluding tert-OH is 1. The van der Waals surface area contributed by atoms with Crippen LogP contribution < -0.4 is 10.6 Å². The van der Waals surface area contributed by atoms with Gasteiger partial charge in [-0.15, -0.1) is 0 Å². The Hall–Kier alpha value is -1.26. The fourth-order valence-electron chi connectivity index (χ4n) is 2.27. The molecule has 1 saturated heterocycles. The molecule has 1 heterocycles. The Balaban J connectivity index is 2.30. The van der Waals surface area contributed by atoms with Gasteiger partial charge in [0.1, 0.15) is 5.84 Å². The van der Waals surface area contributed by atoms with E-state index in [0.717, 1.165) is 18.7 Å². The highest BCUT2D eigenvalue weighted by molar-refractivity contribution is 6.31. The number of rotatable bonds is 2. The van der Waals surface area contributed by atoms with E-state index < -0.39 is 0 Å². The van der Waals surface area contributed by atoms with Crippen molar-refractivity contribution in [2.24, 2.45) is 11.7 Å². The molecule has 0 radical (unpaired) electrons. The molecule has 1 aromatic rings. The molecule has 0 bridgehead atoms. The third-order valence-electron chi connectivity index (χ3n) is 3.51. The zero-order chi connectivity index (χ0) is 13.3. The molecule has 0 saturated carbocycles. The summed E-state index contributed by atoms with van der Waals surface area (Å²) in [7, 11) is 0. The van der Waals surface area contributed by atoms with Gasteiger partial charge in [-0.3, -0.25) is 5.41 Å². The van der Waals surface area contributed by atoms with Gasteiger partial charge < -0.3 is 15.7 Å². The van der Waals surface area contributed by atoms with Gasteiger partial charge in [-0.2, -0.15) is 0 Å². The smallest absolute Gasteiger partial charge is 0.124 e. The van der Waals surface area contributed by atoms with Gasteiger partial charge in [-0.05, 0) is 30.5 Å². The number of piperidine rings is 1. The number of halogens is 1. The van der Waals surface area contributed by atoms with Crippen LogP contribution in [0.15, 0.2) is 18.2 Å². The minimum absolute atomic E-state index is 0.000566. The highest BCUT2D eigenvalue weighted by Crippen LogP contribution is 2.28. The minimum Gasteiger partial charge on any atom is -0.391 e. The molecule has 1 aliphatic heterocycles. The molecule has 1 aliphatic rings. The van der Waals surface area contributed by atoms with Crippen LogP contribution >= 0.6 is 11.6 Å². The van der Waals surface area contributed by atoms with Crippen molar-refractivity contribution in [3.05, 3.63) is 28.8 Å². The van der Waals surface area contributed by atoms with Crippen molar-refractivity contribution in [2.75, 3.05) is 18.0 Å². The van der Waals surface area contributed by atoms with Gasteiger partial charge in [0.2, 0.25) is 0 Å². The van der Waals surface area contributed by atoms with E-state index >= 15 is 0 Å². The van der Waals surface area contributed by atoms with Crippen LogP contribution in [0.2, 0.25) is 5.02 Å². The van der Waals surface area contributed by atoms with Gasteiger partial charge >= 0.3 is 0 Å². The Morgan fingerprint density at radius 3 is 2.89 bits per heavy atom. The predicted molar refractivity (Wildman–Crippen MR) is 74.5 cm³/mol. The van der Waals surface area contributed by atoms with Crippen LogP contribution in [0, 0.1) is 11.3 Å². The highest BCUT2D eigenvalue weighted by atomic mass is 35.5. The molecule has 1 fully saturated rings. The van der Waals surface area contributed by atoms with Gasteiger partial charge in [0.05, 0.1) is 6.10 Å². The maximum Gasteiger partial charge on any atom is 0.124 e. The molecule has 0 spiro atoms. The van der Waals surface area contributed by atoms with Crippen LogP contribution in [0.25, 0.3) is 0 Å². The summed E-state index contributed by atoms with van der Waals surface area (Å²) in [6.45, 7) is 3.49. The lowest BCUT2D eigenvalue weighted by Crippen LogP contribution is -2.43. The van der Waals surface area contributed by atoms with Crippen molar-refractivity contribution in [1.82, 2.24) is 0 Å². The average Bonchev–Trinajstić information content (AvgIpc) is 2.32. The number of nitrogens with two attached hydrogens (primary N) is 1. The van der Waals surface area contributed by atoms with Crippen molar-refractivity contribution in [1.29, 1.82) is 5.41 Å². The molecular formula is C13H18ClN3O. The van der Waals surface area contributed by atoms with E-state index in [-0.39, 0.29) is 11.9 Å². The SMILES string of the molecule is CC1CCN(c2ccc(Cl)cc2C(=N)N)CC1O. The summed E-state index contributed by atoms with van der Waals surface area (Å²) in [4.78, 5) is 2.07. The van der Waals surface area contributed by atoms with E-state index in [1.807, 2.05) is 6.07 Å². The first kappa shape index (κ1) is 13.2. The third-order valence-corrected chi connectivity index (χ3v) is 3.74. The van der Waals surface area contributed by atoms with Crippen molar-refractivity contribution in [3.8, 4) is 0 Å². The van der Waals surface area contributed by atoms with Crippen LogP contribution in [0.3, 0.4) is 0 Å². The quantitative estimate of drug-likeness (QED) is 0.565. The normalized spacial score (nSPS) is 24.1. The summed E-state index contributed by atoms with van der Waals surface area (Å²) < 4.78 is 0. The van der Waals surface area contributed by atoms with Crippen LogP contribution in [0.4, 0.5) is 5.69 Å². The highest BCUT2D eigenvalue weighted by Gasteiger charge is 2.26. The Bertz CT molecular complexity index is 464. The lowest BCUT2D eigenvalue weighted by atomic mass is 9.95. The zero-order valence-electron chi connectivity index (χ0n) is 10.4. The second kappa shape index (κ2) is 5.16. The number of nitrogens with zero attached hydrogens (tertiary/aromatic N) is 1. The molecular weight excluding hydrogens is 250 g/mol. The standard InChI is InChI=1S/C13H18ClN3O/c1-8-4-5-17(7-12(8)18)11-3-2-9(14)6-10(11)13(15)16/h2-3,6,8,12,18H,4-5,7H2,1H3,(H3,15,16).